The molecule has 0 aliphatic heterocycles. The first kappa shape index (κ1) is 16.9. The van der Waals surface area contributed by atoms with Crippen molar-refractivity contribution >= 4 is 11.4 Å². The van der Waals surface area contributed by atoms with E-state index in [-0.39, 0.29) is 5.69 Å². The Balaban J connectivity index is 1.98. The number of hydrogen-bond acceptors (Lipinski definition) is 5. The van der Waals surface area contributed by atoms with Gasteiger partial charge in [-0.15, -0.1) is 0 Å². The van der Waals surface area contributed by atoms with Crippen LogP contribution in [0.5, 0.6) is 0 Å². The lowest BCUT2D eigenvalue weighted by Gasteiger charge is -2.14. The third-order valence-electron chi connectivity index (χ3n) is 3.74. The van der Waals surface area contributed by atoms with E-state index < -0.39 is 11.0 Å². The highest BCUT2D eigenvalue weighted by Gasteiger charge is 2.14. The van der Waals surface area contributed by atoms with E-state index in [4.69, 9.17) is 0 Å². The molecule has 0 amide bonds. The lowest BCUT2D eigenvalue weighted by atomic mass is 10.0. The van der Waals surface area contributed by atoms with Crippen molar-refractivity contribution in [2.24, 2.45) is 0 Å². The second kappa shape index (κ2) is 7.71. The monoisotopic (exact) mass is 315 g/mol. The molecular weight excluding hydrogens is 294 g/mol. The second-order valence-corrected chi connectivity index (χ2v) is 5.36. The Labute approximate surface area is 135 Å². The van der Waals surface area contributed by atoms with E-state index >= 15 is 0 Å². The minimum atomic E-state index is -0.609. The van der Waals surface area contributed by atoms with Crippen LogP contribution in [0, 0.1) is 17.0 Å². The van der Waals surface area contributed by atoms with Gasteiger partial charge >= 0.3 is 0 Å². The molecule has 1 unspecified atom stereocenters. The van der Waals surface area contributed by atoms with Gasteiger partial charge in [0.25, 0.3) is 5.69 Å². The Hall–Kier alpha value is -2.44. The largest absolute Gasteiger partial charge is 0.387 e. The zero-order valence-corrected chi connectivity index (χ0v) is 13.2. The summed E-state index contributed by atoms with van der Waals surface area (Å²) in [4.78, 5) is 10.6. The summed E-state index contributed by atoms with van der Waals surface area (Å²) in [6, 6.07) is 12.7. The van der Waals surface area contributed by atoms with Crippen LogP contribution in [-0.4, -0.2) is 23.6 Å². The molecule has 0 aliphatic carbocycles. The number of benzene rings is 2. The molecule has 6 heteroatoms. The molecule has 0 aromatic heterocycles. The van der Waals surface area contributed by atoms with Gasteiger partial charge in [-0.25, -0.2) is 0 Å². The Kier molecular flexibility index (Phi) is 5.67. The molecule has 0 saturated heterocycles. The van der Waals surface area contributed by atoms with Gasteiger partial charge in [-0.1, -0.05) is 30.3 Å². The first-order valence-corrected chi connectivity index (χ1v) is 7.42. The topological polar surface area (TPSA) is 87.4 Å². The predicted octanol–water partition coefficient (Wildman–Crippen LogP) is 2.77. The first-order chi connectivity index (χ1) is 11.0. The molecular formula is C17H21N3O3. The van der Waals surface area contributed by atoms with E-state index in [1.165, 1.54) is 0 Å². The van der Waals surface area contributed by atoms with Crippen LogP contribution in [-0.2, 0) is 6.54 Å². The van der Waals surface area contributed by atoms with Crippen LogP contribution in [0.1, 0.15) is 22.8 Å². The maximum Gasteiger partial charge on any atom is 0.292 e. The summed E-state index contributed by atoms with van der Waals surface area (Å²) in [5.74, 6) is 0. The van der Waals surface area contributed by atoms with Crippen molar-refractivity contribution in [3.05, 3.63) is 69.3 Å². The molecule has 0 bridgehead atoms. The second-order valence-electron chi connectivity index (χ2n) is 5.36. The van der Waals surface area contributed by atoms with Crippen LogP contribution >= 0.6 is 0 Å². The maximum atomic E-state index is 11.0. The number of anilines is 1. The maximum absolute atomic E-state index is 11.0. The van der Waals surface area contributed by atoms with Crippen LogP contribution in [0.4, 0.5) is 11.4 Å². The molecule has 2 aromatic carbocycles. The summed E-state index contributed by atoms with van der Waals surface area (Å²) in [5, 5.41) is 27.2. The summed E-state index contributed by atoms with van der Waals surface area (Å²) in [6.07, 6.45) is -0.609. The van der Waals surface area contributed by atoms with Crippen LogP contribution in [0.3, 0.4) is 0 Å². The molecule has 0 fully saturated rings. The number of aryl methyl sites for hydroxylation is 1. The van der Waals surface area contributed by atoms with E-state index in [2.05, 4.69) is 10.6 Å². The number of nitro groups is 1. The Bertz CT molecular complexity index is 689. The van der Waals surface area contributed by atoms with Gasteiger partial charge in [0, 0.05) is 26.2 Å². The number of rotatable bonds is 7. The van der Waals surface area contributed by atoms with E-state index in [0.29, 0.717) is 18.8 Å². The molecule has 0 spiro atoms. The van der Waals surface area contributed by atoms with Crippen LogP contribution in [0.25, 0.3) is 0 Å². The molecule has 23 heavy (non-hydrogen) atoms. The molecule has 0 radical (unpaired) electrons. The zero-order valence-electron chi connectivity index (χ0n) is 13.2. The fourth-order valence-corrected chi connectivity index (χ4v) is 2.47. The average Bonchev–Trinajstić information content (AvgIpc) is 2.55. The molecule has 0 heterocycles. The minimum Gasteiger partial charge on any atom is -0.387 e. The van der Waals surface area contributed by atoms with Crippen molar-refractivity contribution in [2.45, 2.75) is 19.6 Å². The van der Waals surface area contributed by atoms with E-state index in [0.717, 1.165) is 16.7 Å². The fourth-order valence-electron chi connectivity index (χ4n) is 2.47. The van der Waals surface area contributed by atoms with Gasteiger partial charge in [-0.2, -0.15) is 0 Å². The number of hydrogen-bond donors (Lipinski definition) is 3. The molecule has 122 valence electrons. The lowest BCUT2D eigenvalue weighted by Crippen LogP contribution is -2.21. The summed E-state index contributed by atoms with van der Waals surface area (Å²) in [7, 11) is 1.65. The van der Waals surface area contributed by atoms with Gasteiger partial charge in [0.15, 0.2) is 0 Å². The van der Waals surface area contributed by atoms with Crippen molar-refractivity contribution in [2.75, 3.05) is 18.9 Å². The number of aliphatic hydroxyl groups excluding tert-OH is 1. The fraction of sp³-hybridized carbons (Fsp3) is 0.294. The number of aliphatic hydroxyl groups is 1. The van der Waals surface area contributed by atoms with Crippen molar-refractivity contribution in [1.82, 2.24) is 5.32 Å². The van der Waals surface area contributed by atoms with E-state index in [9.17, 15) is 15.2 Å². The molecule has 2 rings (SSSR count). The summed E-state index contributed by atoms with van der Waals surface area (Å²) in [5.41, 5.74) is 3.25. The van der Waals surface area contributed by atoms with Crippen LogP contribution in [0.15, 0.2) is 42.5 Å². The van der Waals surface area contributed by atoms with Crippen LogP contribution in [0.2, 0.25) is 0 Å². The summed E-state index contributed by atoms with van der Waals surface area (Å²) in [6.45, 7) is 2.79. The van der Waals surface area contributed by atoms with Gasteiger partial charge in [0.1, 0.15) is 5.69 Å². The number of nitro benzene ring substituents is 1. The Morgan fingerprint density at radius 3 is 2.65 bits per heavy atom. The lowest BCUT2D eigenvalue weighted by molar-refractivity contribution is -0.384. The standard InChI is InChI=1S/C17H21N3O3/c1-12-5-3-4-6-14(12)17(21)11-19-10-13-7-8-15(18-2)16(9-13)20(22)23/h3-9,17-19,21H,10-11H2,1-2H3. The smallest absolute Gasteiger partial charge is 0.292 e. The normalized spacial score (nSPS) is 12.0. The van der Waals surface area contributed by atoms with Gasteiger partial charge in [0.2, 0.25) is 0 Å². The number of nitrogens with one attached hydrogen (secondary N) is 2. The third kappa shape index (κ3) is 4.28. The molecule has 0 aliphatic rings. The van der Waals surface area contributed by atoms with Crippen LogP contribution < -0.4 is 10.6 Å². The van der Waals surface area contributed by atoms with Gasteiger partial charge in [-0.05, 0) is 29.7 Å². The third-order valence-corrected chi connectivity index (χ3v) is 3.74. The summed E-state index contributed by atoms with van der Waals surface area (Å²) < 4.78 is 0. The molecule has 1 atom stereocenters. The van der Waals surface area contributed by atoms with Crippen molar-refractivity contribution in [3.63, 3.8) is 0 Å². The van der Waals surface area contributed by atoms with Crippen molar-refractivity contribution < 1.29 is 10.0 Å². The Morgan fingerprint density at radius 2 is 2.00 bits per heavy atom. The van der Waals surface area contributed by atoms with Gasteiger partial charge < -0.3 is 15.7 Å². The van der Waals surface area contributed by atoms with E-state index in [1.807, 2.05) is 37.3 Å². The molecule has 3 N–H and O–H groups in total. The highest BCUT2D eigenvalue weighted by molar-refractivity contribution is 5.62. The molecule has 2 aromatic rings. The van der Waals surface area contributed by atoms with E-state index in [1.54, 1.807) is 19.2 Å². The SMILES string of the molecule is CNc1ccc(CNCC(O)c2ccccc2C)cc1[N+](=O)[O-]. The highest BCUT2D eigenvalue weighted by Crippen LogP contribution is 2.25. The predicted molar refractivity (Wildman–Crippen MR) is 90.5 cm³/mol. The highest BCUT2D eigenvalue weighted by atomic mass is 16.6. The quantitative estimate of drug-likeness (QED) is 0.540. The molecule has 6 nitrogen and oxygen atoms in total. The first-order valence-electron chi connectivity index (χ1n) is 7.42. The zero-order chi connectivity index (χ0) is 16.8. The van der Waals surface area contributed by atoms with Crippen molar-refractivity contribution in [1.29, 1.82) is 0 Å². The van der Waals surface area contributed by atoms with Crippen molar-refractivity contribution in [3.8, 4) is 0 Å². The number of nitrogens with zero attached hydrogens (tertiary/aromatic N) is 1. The average molecular weight is 315 g/mol. The van der Waals surface area contributed by atoms with Gasteiger partial charge in [0.05, 0.1) is 11.0 Å². The Morgan fingerprint density at radius 1 is 1.26 bits per heavy atom. The van der Waals surface area contributed by atoms with Gasteiger partial charge in [-0.3, -0.25) is 10.1 Å². The molecule has 0 saturated carbocycles. The summed E-state index contributed by atoms with van der Waals surface area (Å²) >= 11 is 0. The minimum absolute atomic E-state index is 0.0475.